The first kappa shape index (κ1) is 28.5. The zero-order valence-corrected chi connectivity index (χ0v) is 21.6. The van der Waals surface area contributed by atoms with Gasteiger partial charge in [0, 0.05) is 20.1 Å². The Bertz CT molecular complexity index is 1120. The number of hydrogen-bond donors (Lipinski definition) is 1. The fourth-order valence-electron chi connectivity index (χ4n) is 3.46. The van der Waals surface area contributed by atoms with E-state index in [9.17, 15) is 22.4 Å². The van der Waals surface area contributed by atoms with Gasteiger partial charge in [-0.3, -0.25) is 9.69 Å². The third-order valence-electron chi connectivity index (χ3n) is 5.29. The monoisotopic (exact) mass is 527 g/mol. The summed E-state index contributed by atoms with van der Waals surface area (Å²) in [6, 6.07) is 11.2. The quantitative estimate of drug-likeness (QED) is 0.448. The van der Waals surface area contributed by atoms with Crippen LogP contribution < -0.4 is 5.73 Å². The van der Waals surface area contributed by atoms with Crippen molar-refractivity contribution in [1.82, 2.24) is 9.21 Å². The van der Waals surface area contributed by atoms with Gasteiger partial charge in [-0.05, 0) is 42.5 Å². The molecule has 0 radical (unpaired) electrons. The molecule has 0 aromatic heterocycles. The smallest absolute Gasteiger partial charge is 0.410 e. The third-order valence-corrected chi connectivity index (χ3v) is 7.63. The number of hydrogen-bond acceptors (Lipinski definition) is 5. The molecule has 0 fully saturated rings. The highest BCUT2D eigenvalue weighted by molar-refractivity contribution is 7.89. The van der Waals surface area contributed by atoms with E-state index in [1.807, 2.05) is 32.0 Å². The summed E-state index contributed by atoms with van der Waals surface area (Å²) in [5.74, 6) is -1.25. The van der Waals surface area contributed by atoms with Gasteiger partial charge >= 0.3 is 6.09 Å². The molecule has 2 aromatic carbocycles. The highest BCUT2D eigenvalue weighted by Gasteiger charge is 2.31. The summed E-state index contributed by atoms with van der Waals surface area (Å²) < 4.78 is 45.5. The summed E-state index contributed by atoms with van der Waals surface area (Å²) in [6.07, 6.45) is -0.197. The lowest BCUT2D eigenvalue weighted by atomic mass is 10.0. The number of carbonyl (C=O) groups is 2. The lowest BCUT2D eigenvalue weighted by Crippen LogP contribution is -2.49. The van der Waals surface area contributed by atoms with E-state index in [0.717, 1.165) is 28.1 Å². The number of primary amides is 1. The molecule has 0 saturated carbocycles. The fraction of sp³-hybridized carbons (Fsp3) is 0.417. The second kappa shape index (κ2) is 12.9. The molecule has 2 N–H and O–H groups in total. The van der Waals surface area contributed by atoms with E-state index in [0.29, 0.717) is 6.42 Å². The molecule has 0 aliphatic heterocycles. The molecule has 0 aliphatic carbocycles. The largest absolute Gasteiger partial charge is 0.445 e. The molecule has 192 valence electrons. The maximum Gasteiger partial charge on any atom is 0.410 e. The Kier molecular flexibility index (Phi) is 10.5. The SMILES string of the molecule is CC(C)C[C@@H](C(N)=O)N(CCCN(C)S(=O)(=O)c1ccc(F)cc1Cl)C(=O)OCc1ccccc1. The van der Waals surface area contributed by atoms with Crippen molar-refractivity contribution >= 4 is 33.6 Å². The highest BCUT2D eigenvalue weighted by atomic mass is 35.5. The predicted molar refractivity (Wildman–Crippen MR) is 132 cm³/mol. The number of amides is 2. The van der Waals surface area contributed by atoms with Gasteiger partial charge in [0.05, 0.1) is 5.02 Å². The van der Waals surface area contributed by atoms with Gasteiger partial charge in [-0.1, -0.05) is 55.8 Å². The van der Waals surface area contributed by atoms with Crippen molar-refractivity contribution in [3.8, 4) is 0 Å². The summed E-state index contributed by atoms with van der Waals surface area (Å²) in [4.78, 5) is 26.1. The van der Waals surface area contributed by atoms with Crippen molar-refractivity contribution in [3.63, 3.8) is 0 Å². The van der Waals surface area contributed by atoms with Gasteiger partial charge in [0.25, 0.3) is 0 Å². The van der Waals surface area contributed by atoms with Gasteiger partial charge in [0.2, 0.25) is 15.9 Å². The number of nitrogens with two attached hydrogens (primary N) is 1. The van der Waals surface area contributed by atoms with Crippen LogP contribution in [0.25, 0.3) is 0 Å². The van der Waals surface area contributed by atoms with Crippen LogP contribution in [-0.4, -0.2) is 55.8 Å². The molecule has 8 nitrogen and oxygen atoms in total. The van der Waals surface area contributed by atoms with Gasteiger partial charge in [-0.15, -0.1) is 0 Å². The van der Waals surface area contributed by atoms with Crippen LogP contribution in [0.3, 0.4) is 0 Å². The molecule has 2 aromatic rings. The minimum atomic E-state index is -4.00. The molecule has 11 heteroatoms. The van der Waals surface area contributed by atoms with Gasteiger partial charge in [0.1, 0.15) is 23.4 Å². The van der Waals surface area contributed by atoms with Gasteiger partial charge in [0.15, 0.2) is 0 Å². The molecule has 0 saturated heterocycles. The predicted octanol–water partition coefficient (Wildman–Crippen LogP) is 4.03. The number of sulfonamides is 1. The zero-order valence-electron chi connectivity index (χ0n) is 20.0. The van der Waals surface area contributed by atoms with Crippen LogP contribution in [0.4, 0.5) is 9.18 Å². The van der Waals surface area contributed by atoms with E-state index in [1.54, 1.807) is 12.1 Å². The standard InChI is InChI=1S/C24H31ClFN3O5S/c1-17(2)14-21(23(27)30)29(24(31)34-16-18-8-5-4-6-9-18)13-7-12-28(3)35(32,33)22-11-10-19(26)15-20(22)25/h4-6,8-11,15,17,21H,7,12-14,16H2,1-3H3,(H2,27,30)/t21-/m0/s1. The van der Waals surface area contributed by atoms with Gasteiger partial charge < -0.3 is 10.5 Å². The number of rotatable bonds is 12. The molecule has 2 rings (SSSR count). The van der Waals surface area contributed by atoms with Gasteiger partial charge in [-0.2, -0.15) is 0 Å². The Hall–Kier alpha value is -2.69. The number of carbonyl (C=O) groups excluding carboxylic acids is 2. The van der Waals surface area contributed by atoms with Crippen molar-refractivity contribution in [2.75, 3.05) is 20.1 Å². The van der Waals surface area contributed by atoms with Crippen LogP contribution in [0.15, 0.2) is 53.4 Å². The van der Waals surface area contributed by atoms with Crippen molar-refractivity contribution in [1.29, 1.82) is 0 Å². The zero-order chi connectivity index (χ0) is 26.2. The second-order valence-electron chi connectivity index (χ2n) is 8.54. The van der Waals surface area contributed by atoms with Crippen LogP contribution in [0, 0.1) is 11.7 Å². The number of halogens is 2. The molecule has 0 bridgehead atoms. The summed E-state index contributed by atoms with van der Waals surface area (Å²) in [7, 11) is -2.64. The molecular formula is C24H31ClFN3O5S. The van der Waals surface area contributed by atoms with Crippen molar-refractivity contribution in [2.45, 2.75) is 44.2 Å². The molecule has 0 unspecified atom stereocenters. The first-order chi connectivity index (χ1) is 16.4. The lowest BCUT2D eigenvalue weighted by Gasteiger charge is -2.30. The molecule has 0 aliphatic rings. The number of nitrogens with zero attached hydrogens (tertiary/aromatic N) is 2. The van der Waals surface area contributed by atoms with E-state index in [2.05, 4.69) is 0 Å². The Balaban J connectivity index is 2.13. The molecule has 1 atom stereocenters. The summed E-state index contributed by atoms with van der Waals surface area (Å²) in [5, 5.41) is -0.228. The van der Waals surface area contributed by atoms with E-state index in [4.69, 9.17) is 22.1 Å². The van der Waals surface area contributed by atoms with Crippen LogP contribution in [0.1, 0.15) is 32.3 Å². The lowest BCUT2D eigenvalue weighted by molar-refractivity contribution is -0.123. The average molecular weight is 528 g/mol. The first-order valence-corrected chi connectivity index (χ1v) is 12.9. The van der Waals surface area contributed by atoms with Crippen LogP contribution in [-0.2, 0) is 26.2 Å². The molecule has 35 heavy (non-hydrogen) atoms. The fourth-order valence-corrected chi connectivity index (χ4v) is 5.17. The van der Waals surface area contributed by atoms with Crippen LogP contribution >= 0.6 is 11.6 Å². The molecule has 0 spiro atoms. The normalized spacial score (nSPS) is 12.5. The second-order valence-corrected chi connectivity index (χ2v) is 11.0. The minimum Gasteiger partial charge on any atom is -0.445 e. The summed E-state index contributed by atoms with van der Waals surface area (Å²) in [5.41, 5.74) is 6.38. The van der Waals surface area contributed by atoms with E-state index >= 15 is 0 Å². The summed E-state index contributed by atoms with van der Waals surface area (Å²) in [6.45, 7) is 3.85. The molecule has 0 heterocycles. The van der Waals surface area contributed by atoms with E-state index in [1.165, 1.54) is 11.9 Å². The van der Waals surface area contributed by atoms with Gasteiger partial charge in [-0.25, -0.2) is 21.9 Å². The van der Waals surface area contributed by atoms with E-state index < -0.39 is 33.9 Å². The highest BCUT2D eigenvalue weighted by Crippen LogP contribution is 2.25. The third kappa shape index (κ3) is 8.19. The average Bonchev–Trinajstić information content (AvgIpc) is 2.79. The van der Waals surface area contributed by atoms with E-state index in [-0.39, 0.29) is 42.0 Å². The Morgan fingerprint density at radius 2 is 1.77 bits per heavy atom. The minimum absolute atomic E-state index is 0.00562. The van der Waals surface area contributed by atoms with Crippen molar-refractivity contribution in [3.05, 3.63) is 64.9 Å². The Labute approximate surface area is 210 Å². The maximum atomic E-state index is 13.3. The summed E-state index contributed by atoms with van der Waals surface area (Å²) >= 11 is 5.93. The van der Waals surface area contributed by atoms with Crippen LogP contribution in [0.5, 0.6) is 0 Å². The topological polar surface area (TPSA) is 110 Å². The molecule has 2 amide bonds. The van der Waals surface area contributed by atoms with Crippen molar-refractivity contribution in [2.24, 2.45) is 11.7 Å². The maximum absolute atomic E-state index is 13.3. The number of ether oxygens (including phenoxy) is 1. The van der Waals surface area contributed by atoms with Crippen molar-refractivity contribution < 1.29 is 27.1 Å². The molecular weight excluding hydrogens is 497 g/mol. The number of benzene rings is 2. The first-order valence-electron chi connectivity index (χ1n) is 11.1. The Morgan fingerprint density at radius 1 is 1.11 bits per heavy atom. The van der Waals surface area contributed by atoms with Crippen LogP contribution in [0.2, 0.25) is 5.02 Å². The Morgan fingerprint density at radius 3 is 2.34 bits per heavy atom.